The molecule has 4 amide bonds. The number of nitrogens with one attached hydrogen (secondary N) is 1. The fraction of sp³-hybridized carbons (Fsp3) is 0.333. The SMILES string of the molecule is COc1ccc(O)c(C2C3=CCC4C(=O)NC(=O)C4C3CC3(Cl)C(=O)N(c4c(F)c(F)c(F)c(F)c4F)C(=O)C23Cl)c1. The highest BCUT2D eigenvalue weighted by Gasteiger charge is 2.77. The highest BCUT2D eigenvalue weighted by Crippen LogP contribution is 2.66. The summed E-state index contributed by atoms with van der Waals surface area (Å²) in [6.45, 7) is 0. The van der Waals surface area contributed by atoms with E-state index in [2.05, 4.69) is 5.32 Å². The molecule has 6 unspecified atom stereocenters. The standard InChI is InChI=1S/C27H17Cl2F5N2O6/c1-42-8-2-5-13(37)11(6-8)15-9-3-4-10-14(23(39)35-22(10)38)12(9)7-26(28)24(40)36(25(41)27(15,26)29)21-19(33)17(31)16(30)18(32)20(21)34/h2-3,5-6,10,12,14-15,37H,4,7H2,1H3,(H,35,38,39). The summed E-state index contributed by atoms with van der Waals surface area (Å²) in [6.07, 6.45) is 0.859. The molecular weight excluding hydrogens is 614 g/mol. The Morgan fingerprint density at radius 1 is 0.929 bits per heavy atom. The van der Waals surface area contributed by atoms with E-state index in [0.29, 0.717) is 0 Å². The number of methoxy groups -OCH3 is 1. The summed E-state index contributed by atoms with van der Waals surface area (Å²) in [6, 6.07) is 3.79. The third kappa shape index (κ3) is 3.34. The average Bonchev–Trinajstić information content (AvgIpc) is 3.33. The van der Waals surface area contributed by atoms with Crippen molar-refractivity contribution in [3.63, 3.8) is 0 Å². The molecule has 2 aromatic carbocycles. The zero-order chi connectivity index (χ0) is 30.6. The number of anilines is 1. The Balaban J connectivity index is 1.64. The number of imide groups is 2. The van der Waals surface area contributed by atoms with Crippen LogP contribution in [-0.4, -0.2) is 45.6 Å². The van der Waals surface area contributed by atoms with Crippen LogP contribution in [0.25, 0.3) is 0 Å². The van der Waals surface area contributed by atoms with Crippen molar-refractivity contribution in [2.45, 2.75) is 28.5 Å². The number of aromatic hydroxyl groups is 1. The molecule has 15 heteroatoms. The van der Waals surface area contributed by atoms with Gasteiger partial charge in [0.05, 0.1) is 18.9 Å². The number of phenols is 1. The number of alkyl halides is 2. The molecule has 2 aromatic rings. The number of amides is 4. The fourth-order valence-corrected chi connectivity index (χ4v) is 7.64. The van der Waals surface area contributed by atoms with Crippen LogP contribution >= 0.6 is 23.2 Å². The molecule has 2 aliphatic carbocycles. The normalized spacial score (nSPS) is 31.9. The van der Waals surface area contributed by atoms with Crippen molar-refractivity contribution in [2.24, 2.45) is 17.8 Å². The number of carbonyl (C=O) groups is 4. The first-order valence-corrected chi connectivity index (χ1v) is 13.2. The second kappa shape index (κ2) is 9.14. The summed E-state index contributed by atoms with van der Waals surface area (Å²) in [4.78, 5) is 47.7. The van der Waals surface area contributed by atoms with Gasteiger partial charge in [-0.05, 0) is 37.0 Å². The number of hydrogen-bond acceptors (Lipinski definition) is 6. The molecule has 3 fully saturated rings. The van der Waals surface area contributed by atoms with Gasteiger partial charge in [0.25, 0.3) is 11.8 Å². The number of allylic oxidation sites excluding steroid dienone is 2. The Hall–Kier alpha value is -3.71. The largest absolute Gasteiger partial charge is 0.508 e. The lowest BCUT2D eigenvalue weighted by Gasteiger charge is -2.50. The van der Waals surface area contributed by atoms with Gasteiger partial charge in [0, 0.05) is 11.5 Å². The Kier molecular flexibility index (Phi) is 6.18. The van der Waals surface area contributed by atoms with Crippen molar-refractivity contribution < 1.29 is 51.0 Å². The summed E-state index contributed by atoms with van der Waals surface area (Å²) in [5.41, 5.74) is -1.82. The van der Waals surface area contributed by atoms with Gasteiger partial charge >= 0.3 is 0 Å². The van der Waals surface area contributed by atoms with E-state index in [1.807, 2.05) is 0 Å². The highest BCUT2D eigenvalue weighted by atomic mass is 35.5. The topological polar surface area (TPSA) is 113 Å². The van der Waals surface area contributed by atoms with Crippen LogP contribution in [0.15, 0.2) is 29.8 Å². The molecule has 220 valence electrons. The zero-order valence-electron chi connectivity index (χ0n) is 21.1. The quantitative estimate of drug-likeness (QED) is 0.133. The summed E-state index contributed by atoms with van der Waals surface area (Å²) < 4.78 is 77.4. The van der Waals surface area contributed by atoms with E-state index in [9.17, 15) is 46.2 Å². The number of fused-ring (bicyclic) bond motifs is 4. The highest BCUT2D eigenvalue weighted by molar-refractivity contribution is 6.58. The van der Waals surface area contributed by atoms with Crippen molar-refractivity contribution in [3.8, 4) is 11.5 Å². The predicted molar refractivity (Wildman–Crippen MR) is 134 cm³/mol. The molecule has 2 N–H and O–H groups in total. The van der Waals surface area contributed by atoms with Gasteiger partial charge in [0.1, 0.15) is 17.2 Å². The van der Waals surface area contributed by atoms with Crippen molar-refractivity contribution in [1.82, 2.24) is 5.32 Å². The maximum absolute atomic E-state index is 15.0. The van der Waals surface area contributed by atoms with Crippen molar-refractivity contribution >= 4 is 52.5 Å². The number of halogens is 7. The Labute approximate surface area is 243 Å². The smallest absolute Gasteiger partial charge is 0.258 e. The molecule has 0 radical (unpaired) electrons. The first kappa shape index (κ1) is 28.4. The van der Waals surface area contributed by atoms with Crippen LogP contribution in [0.1, 0.15) is 24.3 Å². The molecule has 6 rings (SSSR count). The van der Waals surface area contributed by atoms with E-state index in [1.165, 1.54) is 31.4 Å². The van der Waals surface area contributed by atoms with E-state index in [4.69, 9.17) is 27.9 Å². The molecule has 0 spiro atoms. The Morgan fingerprint density at radius 2 is 1.55 bits per heavy atom. The van der Waals surface area contributed by atoms with E-state index >= 15 is 0 Å². The second-order valence-corrected chi connectivity index (χ2v) is 11.7. The number of nitrogens with zero attached hydrogens (tertiary/aromatic N) is 1. The first-order valence-electron chi connectivity index (χ1n) is 12.4. The van der Waals surface area contributed by atoms with Crippen molar-refractivity contribution in [2.75, 3.05) is 12.0 Å². The molecule has 0 aromatic heterocycles. The lowest BCUT2D eigenvalue weighted by Crippen LogP contribution is -2.60. The van der Waals surface area contributed by atoms with Crippen molar-refractivity contribution in [1.29, 1.82) is 0 Å². The fourth-order valence-electron chi connectivity index (χ4n) is 6.71. The number of ether oxygens (including phenoxy) is 1. The van der Waals surface area contributed by atoms with Gasteiger partial charge in [0.15, 0.2) is 33.0 Å². The first-order chi connectivity index (χ1) is 19.7. The summed E-state index contributed by atoms with van der Waals surface area (Å²) >= 11 is 13.9. The number of phenolic OH excluding ortho intramolecular Hbond substituents is 1. The van der Waals surface area contributed by atoms with Gasteiger partial charge in [-0.3, -0.25) is 24.5 Å². The molecule has 1 saturated carbocycles. The maximum Gasteiger partial charge on any atom is 0.258 e. The molecule has 42 heavy (non-hydrogen) atoms. The van der Waals surface area contributed by atoms with Crippen LogP contribution in [0.2, 0.25) is 0 Å². The number of hydrogen-bond donors (Lipinski definition) is 2. The number of carbonyl (C=O) groups excluding carboxylic acids is 4. The molecule has 2 saturated heterocycles. The lowest BCUT2D eigenvalue weighted by molar-refractivity contribution is -0.127. The summed E-state index contributed by atoms with van der Waals surface area (Å²) in [7, 11) is 1.29. The summed E-state index contributed by atoms with van der Waals surface area (Å²) in [5.74, 6) is -21.9. The van der Waals surface area contributed by atoms with E-state index in [-0.39, 0.29) is 28.2 Å². The van der Waals surface area contributed by atoms with Gasteiger partial charge in [-0.1, -0.05) is 11.6 Å². The van der Waals surface area contributed by atoms with Crippen LogP contribution < -0.4 is 15.0 Å². The van der Waals surface area contributed by atoms with Crippen LogP contribution in [0.5, 0.6) is 11.5 Å². The van der Waals surface area contributed by atoms with Gasteiger partial charge in [-0.2, -0.15) is 0 Å². The van der Waals surface area contributed by atoms with Gasteiger partial charge in [-0.15, -0.1) is 23.2 Å². The minimum Gasteiger partial charge on any atom is -0.508 e. The van der Waals surface area contributed by atoms with Gasteiger partial charge in [0.2, 0.25) is 17.6 Å². The minimum absolute atomic E-state index is 0.0128. The van der Waals surface area contributed by atoms with E-state index < -0.39 is 104 Å². The molecule has 2 aliphatic heterocycles. The zero-order valence-corrected chi connectivity index (χ0v) is 22.6. The third-order valence-electron chi connectivity index (χ3n) is 8.61. The monoisotopic (exact) mass is 630 g/mol. The maximum atomic E-state index is 15.0. The van der Waals surface area contributed by atoms with E-state index in [1.54, 1.807) is 0 Å². The Bertz CT molecular complexity index is 1660. The van der Waals surface area contributed by atoms with Crippen LogP contribution in [-0.2, 0) is 19.2 Å². The molecule has 2 heterocycles. The summed E-state index contributed by atoms with van der Waals surface area (Å²) in [5, 5.41) is 13.1. The van der Waals surface area contributed by atoms with Gasteiger partial charge in [-0.25, -0.2) is 26.9 Å². The van der Waals surface area contributed by atoms with E-state index in [0.717, 1.165) is 0 Å². The number of rotatable bonds is 3. The molecule has 0 bridgehead atoms. The lowest BCUT2D eigenvalue weighted by atomic mass is 9.56. The third-order valence-corrected chi connectivity index (χ3v) is 10.0. The molecule has 6 atom stereocenters. The number of benzene rings is 2. The molecule has 4 aliphatic rings. The van der Waals surface area contributed by atoms with Crippen LogP contribution in [0.4, 0.5) is 27.6 Å². The van der Waals surface area contributed by atoms with Crippen LogP contribution in [0.3, 0.4) is 0 Å². The second-order valence-electron chi connectivity index (χ2n) is 10.5. The minimum atomic E-state index is -2.73. The predicted octanol–water partition coefficient (Wildman–Crippen LogP) is 3.95. The van der Waals surface area contributed by atoms with Crippen molar-refractivity contribution in [3.05, 3.63) is 64.5 Å². The Morgan fingerprint density at radius 3 is 2.17 bits per heavy atom. The van der Waals surface area contributed by atoms with Crippen LogP contribution in [0, 0.1) is 46.8 Å². The molecule has 8 nitrogen and oxygen atoms in total. The molecular formula is C27H17Cl2F5N2O6. The average molecular weight is 631 g/mol. The van der Waals surface area contributed by atoms with Gasteiger partial charge < -0.3 is 9.84 Å².